The smallest absolute Gasteiger partial charge is 0.408 e. The van der Waals surface area contributed by atoms with Gasteiger partial charge in [-0.3, -0.25) is 14.4 Å². The molecule has 10 nitrogen and oxygen atoms in total. The van der Waals surface area contributed by atoms with Gasteiger partial charge in [0.15, 0.2) is 12.4 Å². The molecule has 1 aromatic rings. The van der Waals surface area contributed by atoms with Crippen molar-refractivity contribution in [2.24, 2.45) is 11.7 Å². The Morgan fingerprint density at radius 1 is 1.00 bits per heavy atom. The number of nitrogens with two attached hydrogens (primary N) is 1. The molecule has 10 heteroatoms. The second-order valence-electron chi connectivity index (χ2n) is 8.83. The van der Waals surface area contributed by atoms with Crippen molar-refractivity contribution in [3.05, 3.63) is 35.9 Å². The van der Waals surface area contributed by atoms with E-state index in [9.17, 15) is 24.0 Å². The number of esters is 1. The normalized spacial score (nSPS) is 12.9. The van der Waals surface area contributed by atoms with E-state index in [1.54, 1.807) is 65.0 Å². The maximum absolute atomic E-state index is 12.8. The lowest BCUT2D eigenvalue weighted by atomic mass is 10.0. The summed E-state index contributed by atoms with van der Waals surface area (Å²) in [4.78, 5) is 60.9. The van der Waals surface area contributed by atoms with Crippen molar-refractivity contribution in [1.29, 1.82) is 0 Å². The van der Waals surface area contributed by atoms with Gasteiger partial charge in [0.05, 0.1) is 0 Å². The van der Waals surface area contributed by atoms with Crippen molar-refractivity contribution in [2.75, 3.05) is 6.61 Å². The molecule has 0 bridgehead atoms. The van der Waals surface area contributed by atoms with Crippen LogP contribution in [0.5, 0.6) is 0 Å². The van der Waals surface area contributed by atoms with Gasteiger partial charge in [-0.2, -0.15) is 0 Å². The number of Topliss-reactive ketones (excluding diaryl/α,β-unsaturated/α-hetero) is 1. The Balaban J connectivity index is 2.83. The lowest BCUT2D eigenvalue weighted by molar-refractivity contribution is -0.148. The molecule has 0 unspecified atom stereocenters. The van der Waals surface area contributed by atoms with Gasteiger partial charge in [0.2, 0.25) is 11.8 Å². The van der Waals surface area contributed by atoms with E-state index >= 15 is 0 Å². The van der Waals surface area contributed by atoms with E-state index < -0.39 is 48.2 Å². The van der Waals surface area contributed by atoms with Gasteiger partial charge in [0, 0.05) is 12.0 Å². The number of hydrogen-bond donors (Lipinski definition) is 3. The number of alkyl carbamates (subject to hydrolysis) is 1. The second-order valence-corrected chi connectivity index (χ2v) is 8.83. The molecule has 0 aromatic heterocycles. The topological polar surface area (TPSA) is 154 Å². The van der Waals surface area contributed by atoms with E-state index in [4.69, 9.17) is 15.2 Å². The average molecular weight is 464 g/mol. The van der Waals surface area contributed by atoms with Crippen LogP contribution in [0.3, 0.4) is 0 Å². The van der Waals surface area contributed by atoms with E-state index in [2.05, 4.69) is 10.6 Å². The van der Waals surface area contributed by atoms with Crippen LogP contribution in [0, 0.1) is 5.92 Å². The highest BCUT2D eigenvalue weighted by atomic mass is 16.6. The summed E-state index contributed by atoms with van der Waals surface area (Å²) in [5.74, 6) is -2.94. The summed E-state index contributed by atoms with van der Waals surface area (Å²) in [6, 6.07) is 6.08. The van der Waals surface area contributed by atoms with Crippen molar-refractivity contribution in [1.82, 2.24) is 10.6 Å². The third-order valence-corrected chi connectivity index (χ3v) is 4.35. The fourth-order valence-corrected chi connectivity index (χ4v) is 2.69. The molecule has 0 saturated heterocycles. The first-order chi connectivity index (χ1) is 15.3. The SMILES string of the molecule is CC(C)[C@H](NC(=O)[C@H](CCC(N)=O)NC(=O)OC(C)(C)C)C(=O)OCC(=O)c1ccccc1. The quantitative estimate of drug-likeness (QED) is 0.333. The zero-order valence-electron chi connectivity index (χ0n) is 19.7. The lowest BCUT2D eigenvalue weighted by Gasteiger charge is -2.26. The molecule has 0 aliphatic rings. The predicted octanol–water partition coefficient (Wildman–Crippen LogP) is 1.71. The van der Waals surface area contributed by atoms with Crippen molar-refractivity contribution < 1.29 is 33.4 Å². The standard InChI is InChI=1S/C23H33N3O7/c1-14(2)19(21(30)32-13-17(27)15-9-7-6-8-10-15)26-20(29)16(11-12-18(24)28)25-22(31)33-23(3,4)5/h6-10,14,16,19H,11-13H2,1-5H3,(H2,24,28)(H,25,31)(H,26,29)/t16-,19-/m0/s1. The van der Waals surface area contributed by atoms with Gasteiger partial charge in [-0.25, -0.2) is 9.59 Å². The fourth-order valence-electron chi connectivity index (χ4n) is 2.69. The van der Waals surface area contributed by atoms with Crippen molar-refractivity contribution >= 4 is 29.7 Å². The molecule has 0 fully saturated rings. The Morgan fingerprint density at radius 3 is 2.12 bits per heavy atom. The van der Waals surface area contributed by atoms with Crippen LogP contribution in [0.4, 0.5) is 4.79 Å². The van der Waals surface area contributed by atoms with Crippen LogP contribution >= 0.6 is 0 Å². The highest BCUT2D eigenvalue weighted by Gasteiger charge is 2.31. The number of hydrogen-bond acceptors (Lipinski definition) is 7. The summed E-state index contributed by atoms with van der Waals surface area (Å²) in [5, 5.41) is 4.92. The van der Waals surface area contributed by atoms with Crippen LogP contribution in [0.25, 0.3) is 0 Å². The van der Waals surface area contributed by atoms with Gasteiger partial charge in [-0.15, -0.1) is 0 Å². The number of nitrogens with one attached hydrogen (secondary N) is 2. The van der Waals surface area contributed by atoms with E-state index in [1.807, 2.05) is 0 Å². The monoisotopic (exact) mass is 463 g/mol. The summed E-state index contributed by atoms with van der Waals surface area (Å²) in [6.45, 7) is 7.87. The molecule has 1 rings (SSSR count). The molecule has 182 valence electrons. The summed E-state index contributed by atoms with van der Waals surface area (Å²) in [6.07, 6.45) is -1.12. The van der Waals surface area contributed by atoms with E-state index in [1.165, 1.54) is 0 Å². The maximum atomic E-state index is 12.8. The van der Waals surface area contributed by atoms with Gasteiger partial charge in [0.1, 0.15) is 17.7 Å². The highest BCUT2D eigenvalue weighted by molar-refractivity contribution is 5.98. The summed E-state index contributed by atoms with van der Waals surface area (Å²) in [5.41, 5.74) is 4.76. The minimum atomic E-state index is -1.17. The Labute approximate surface area is 193 Å². The number of carbonyl (C=O) groups excluding carboxylic acids is 5. The minimum absolute atomic E-state index is 0.0905. The summed E-state index contributed by atoms with van der Waals surface area (Å²) >= 11 is 0. The first-order valence-electron chi connectivity index (χ1n) is 10.6. The van der Waals surface area contributed by atoms with E-state index in [0.717, 1.165) is 0 Å². The van der Waals surface area contributed by atoms with Gasteiger partial charge in [0.25, 0.3) is 0 Å². The lowest BCUT2D eigenvalue weighted by Crippen LogP contribution is -2.54. The number of ether oxygens (including phenoxy) is 2. The largest absolute Gasteiger partial charge is 0.456 e. The van der Waals surface area contributed by atoms with Crippen LogP contribution in [0.2, 0.25) is 0 Å². The Hall–Kier alpha value is -3.43. The zero-order valence-corrected chi connectivity index (χ0v) is 19.7. The molecule has 33 heavy (non-hydrogen) atoms. The first-order valence-corrected chi connectivity index (χ1v) is 10.6. The fraction of sp³-hybridized carbons (Fsp3) is 0.522. The molecule has 2 atom stereocenters. The minimum Gasteiger partial charge on any atom is -0.456 e. The maximum Gasteiger partial charge on any atom is 0.408 e. The Bertz CT molecular complexity index is 847. The Kier molecular flexibility index (Phi) is 10.5. The van der Waals surface area contributed by atoms with Crippen molar-refractivity contribution in [3.63, 3.8) is 0 Å². The molecule has 0 spiro atoms. The molecule has 3 amide bonds. The van der Waals surface area contributed by atoms with Gasteiger partial charge in [-0.05, 0) is 33.1 Å². The van der Waals surface area contributed by atoms with E-state index in [-0.39, 0.29) is 24.5 Å². The molecular formula is C23H33N3O7. The van der Waals surface area contributed by atoms with Crippen LogP contribution in [-0.4, -0.2) is 54.0 Å². The van der Waals surface area contributed by atoms with Crippen LogP contribution in [0.15, 0.2) is 30.3 Å². The number of primary amides is 1. The molecule has 1 aromatic carbocycles. The van der Waals surface area contributed by atoms with Gasteiger partial charge < -0.3 is 25.8 Å². The van der Waals surface area contributed by atoms with Crippen LogP contribution in [0.1, 0.15) is 57.8 Å². The number of benzene rings is 1. The summed E-state index contributed by atoms with van der Waals surface area (Å²) < 4.78 is 10.3. The highest BCUT2D eigenvalue weighted by Crippen LogP contribution is 2.10. The van der Waals surface area contributed by atoms with Crippen molar-refractivity contribution in [2.45, 2.75) is 65.1 Å². The molecule has 0 saturated carbocycles. The molecule has 0 radical (unpaired) electrons. The molecule has 0 aliphatic carbocycles. The molecular weight excluding hydrogens is 430 g/mol. The number of rotatable bonds is 11. The third-order valence-electron chi connectivity index (χ3n) is 4.35. The average Bonchev–Trinajstić information content (AvgIpc) is 2.71. The Morgan fingerprint density at radius 2 is 1.61 bits per heavy atom. The second kappa shape index (κ2) is 12.6. The van der Waals surface area contributed by atoms with Crippen molar-refractivity contribution in [3.8, 4) is 0 Å². The summed E-state index contributed by atoms with van der Waals surface area (Å²) in [7, 11) is 0. The molecule has 4 N–H and O–H groups in total. The van der Waals surface area contributed by atoms with E-state index in [0.29, 0.717) is 5.56 Å². The van der Waals surface area contributed by atoms with Gasteiger partial charge in [-0.1, -0.05) is 44.2 Å². The zero-order chi connectivity index (χ0) is 25.2. The number of amides is 3. The van der Waals surface area contributed by atoms with Crippen LogP contribution < -0.4 is 16.4 Å². The first kappa shape index (κ1) is 27.6. The van der Waals surface area contributed by atoms with Crippen LogP contribution in [-0.2, 0) is 23.9 Å². The third kappa shape index (κ3) is 10.6. The number of carbonyl (C=O) groups is 5. The number of ketones is 1. The van der Waals surface area contributed by atoms with Gasteiger partial charge >= 0.3 is 12.1 Å². The molecule has 0 heterocycles. The predicted molar refractivity (Wildman–Crippen MR) is 120 cm³/mol. The molecule has 0 aliphatic heterocycles.